The Morgan fingerprint density at radius 2 is 1.86 bits per heavy atom. The fourth-order valence-electron chi connectivity index (χ4n) is 3.61. The summed E-state index contributed by atoms with van der Waals surface area (Å²) in [4.78, 5) is 15.0. The lowest BCUT2D eigenvalue weighted by Gasteiger charge is -2.28. The van der Waals surface area contributed by atoms with Gasteiger partial charge in [-0.05, 0) is 67.2 Å². The Morgan fingerprint density at radius 1 is 1.14 bits per heavy atom. The van der Waals surface area contributed by atoms with Gasteiger partial charge in [-0.3, -0.25) is 4.79 Å². The first-order valence-electron chi connectivity index (χ1n) is 10.2. The molecule has 0 spiro atoms. The van der Waals surface area contributed by atoms with Crippen molar-refractivity contribution in [2.45, 2.75) is 32.4 Å². The van der Waals surface area contributed by atoms with Crippen LogP contribution in [0.25, 0.3) is 6.08 Å². The average Bonchev–Trinajstić information content (AvgIpc) is 3.61. The number of rotatable bonds is 7. The highest BCUT2D eigenvalue weighted by Gasteiger charge is 2.33. The van der Waals surface area contributed by atoms with Crippen LogP contribution in [-0.2, 0) is 11.3 Å². The van der Waals surface area contributed by atoms with Crippen LogP contribution in [0.1, 0.15) is 30.9 Å². The second-order valence-electron chi connectivity index (χ2n) is 7.63. The van der Waals surface area contributed by atoms with Gasteiger partial charge in [-0.2, -0.15) is 0 Å². The fraction of sp³-hybridized carbons (Fsp3) is 0.375. The van der Waals surface area contributed by atoms with E-state index >= 15 is 0 Å². The predicted molar refractivity (Wildman–Crippen MR) is 112 cm³/mol. The van der Waals surface area contributed by atoms with Crippen molar-refractivity contribution in [3.63, 3.8) is 0 Å². The quantitative estimate of drug-likeness (QED) is 0.658. The van der Waals surface area contributed by atoms with Crippen LogP contribution < -0.4 is 14.2 Å². The van der Waals surface area contributed by atoms with Gasteiger partial charge in [0, 0.05) is 18.7 Å². The van der Waals surface area contributed by atoms with E-state index in [0.717, 1.165) is 28.4 Å². The molecule has 0 N–H and O–H groups in total. The number of hydrogen-bond acceptors (Lipinski definition) is 4. The Balaban J connectivity index is 1.49. The zero-order chi connectivity index (χ0) is 20.2. The largest absolute Gasteiger partial charge is 0.497 e. The first-order valence-corrected chi connectivity index (χ1v) is 10.2. The Labute approximate surface area is 171 Å². The zero-order valence-electron chi connectivity index (χ0n) is 17.0. The molecule has 1 saturated carbocycles. The summed E-state index contributed by atoms with van der Waals surface area (Å²) in [5.41, 5.74) is 2.02. The summed E-state index contributed by atoms with van der Waals surface area (Å²) in [5, 5.41) is 0. The van der Waals surface area contributed by atoms with Crippen molar-refractivity contribution < 1.29 is 19.0 Å². The second-order valence-corrected chi connectivity index (χ2v) is 7.63. The molecular formula is C24H27NO4. The van der Waals surface area contributed by atoms with Crippen molar-refractivity contribution >= 4 is 12.0 Å². The van der Waals surface area contributed by atoms with Crippen molar-refractivity contribution in [2.75, 3.05) is 20.3 Å². The van der Waals surface area contributed by atoms with Crippen LogP contribution >= 0.6 is 0 Å². The number of carbonyl (C=O) groups is 1. The molecule has 2 aromatic rings. The standard InChI is InChI=1S/C24H27NO4/c1-17(20-7-8-20)25(16-19-3-9-21(27-2)10-4-19)24(26)12-6-18-5-11-22-23(15-18)29-14-13-28-22/h3-6,9-12,15,17,20H,7-8,13-14,16H2,1-2H3/b12-6+. The molecule has 0 bridgehead atoms. The van der Waals surface area contributed by atoms with Gasteiger partial charge in [0.25, 0.3) is 0 Å². The van der Waals surface area contributed by atoms with Crippen LogP contribution in [-0.4, -0.2) is 37.2 Å². The van der Waals surface area contributed by atoms with Crippen LogP contribution in [0.2, 0.25) is 0 Å². The number of carbonyl (C=O) groups excluding carboxylic acids is 1. The van der Waals surface area contributed by atoms with E-state index in [1.54, 1.807) is 13.2 Å². The number of methoxy groups -OCH3 is 1. The maximum atomic E-state index is 13.1. The summed E-state index contributed by atoms with van der Waals surface area (Å²) in [6.45, 7) is 3.86. The van der Waals surface area contributed by atoms with Crippen LogP contribution in [0.5, 0.6) is 17.2 Å². The number of ether oxygens (including phenoxy) is 3. The molecule has 29 heavy (non-hydrogen) atoms. The van der Waals surface area contributed by atoms with Gasteiger partial charge in [-0.25, -0.2) is 0 Å². The Kier molecular flexibility index (Phi) is 5.74. The Bertz CT molecular complexity index is 886. The topological polar surface area (TPSA) is 48.0 Å². The lowest BCUT2D eigenvalue weighted by atomic mass is 10.1. The zero-order valence-corrected chi connectivity index (χ0v) is 17.0. The van der Waals surface area contributed by atoms with Crippen molar-refractivity contribution in [2.24, 2.45) is 5.92 Å². The van der Waals surface area contributed by atoms with E-state index in [1.807, 2.05) is 53.4 Å². The molecule has 1 unspecified atom stereocenters. The SMILES string of the molecule is COc1ccc(CN(C(=O)/C=C/c2ccc3c(c2)OCCO3)C(C)C2CC2)cc1. The molecule has 1 aliphatic carbocycles. The normalized spacial score (nSPS) is 16.5. The third kappa shape index (κ3) is 4.73. The molecule has 1 atom stereocenters. The van der Waals surface area contributed by atoms with Gasteiger partial charge in [0.15, 0.2) is 11.5 Å². The maximum absolute atomic E-state index is 13.1. The summed E-state index contributed by atoms with van der Waals surface area (Å²) < 4.78 is 16.4. The second kappa shape index (κ2) is 8.60. The summed E-state index contributed by atoms with van der Waals surface area (Å²) in [6.07, 6.45) is 5.90. The van der Waals surface area contributed by atoms with Gasteiger partial charge in [0.2, 0.25) is 5.91 Å². The average molecular weight is 393 g/mol. The predicted octanol–water partition coefficient (Wildman–Crippen LogP) is 4.31. The minimum absolute atomic E-state index is 0.0232. The Hall–Kier alpha value is -2.95. The van der Waals surface area contributed by atoms with Crippen LogP contribution in [0, 0.1) is 5.92 Å². The third-order valence-electron chi connectivity index (χ3n) is 5.58. The van der Waals surface area contributed by atoms with E-state index in [4.69, 9.17) is 14.2 Å². The van der Waals surface area contributed by atoms with Gasteiger partial charge in [0.1, 0.15) is 19.0 Å². The summed E-state index contributed by atoms with van der Waals surface area (Å²) in [6, 6.07) is 13.9. The smallest absolute Gasteiger partial charge is 0.247 e. The van der Waals surface area contributed by atoms with Gasteiger partial charge in [0.05, 0.1) is 7.11 Å². The lowest BCUT2D eigenvalue weighted by Crippen LogP contribution is -2.38. The molecule has 2 aromatic carbocycles. The van der Waals surface area contributed by atoms with E-state index in [-0.39, 0.29) is 11.9 Å². The molecule has 152 valence electrons. The molecule has 4 rings (SSSR count). The minimum Gasteiger partial charge on any atom is -0.497 e. The van der Waals surface area contributed by atoms with Crippen LogP contribution in [0.15, 0.2) is 48.5 Å². The summed E-state index contributed by atoms with van der Waals surface area (Å²) in [5.74, 6) is 2.92. The van der Waals surface area contributed by atoms with Crippen LogP contribution in [0.4, 0.5) is 0 Å². The van der Waals surface area contributed by atoms with Crippen LogP contribution in [0.3, 0.4) is 0 Å². The lowest BCUT2D eigenvalue weighted by molar-refractivity contribution is -0.129. The van der Waals surface area contributed by atoms with Gasteiger partial charge in [-0.1, -0.05) is 18.2 Å². The third-order valence-corrected chi connectivity index (χ3v) is 5.58. The van der Waals surface area contributed by atoms with Crippen molar-refractivity contribution in [3.05, 3.63) is 59.7 Å². The van der Waals surface area contributed by atoms with E-state index in [2.05, 4.69) is 6.92 Å². The number of benzene rings is 2. The van der Waals surface area contributed by atoms with Gasteiger partial charge < -0.3 is 19.1 Å². The summed E-state index contributed by atoms with van der Waals surface area (Å²) >= 11 is 0. The van der Waals surface area contributed by atoms with Crippen molar-refractivity contribution in [1.82, 2.24) is 4.90 Å². The highest BCUT2D eigenvalue weighted by Crippen LogP contribution is 2.36. The molecular weight excluding hydrogens is 366 g/mol. The molecule has 1 fully saturated rings. The molecule has 5 heteroatoms. The van der Waals surface area contributed by atoms with Crippen molar-refractivity contribution in [3.8, 4) is 17.2 Å². The van der Waals surface area contributed by atoms with Gasteiger partial charge in [-0.15, -0.1) is 0 Å². The highest BCUT2D eigenvalue weighted by molar-refractivity contribution is 5.92. The maximum Gasteiger partial charge on any atom is 0.247 e. The van der Waals surface area contributed by atoms with Gasteiger partial charge >= 0.3 is 0 Å². The number of fused-ring (bicyclic) bond motifs is 1. The number of hydrogen-bond donors (Lipinski definition) is 0. The Morgan fingerprint density at radius 3 is 2.55 bits per heavy atom. The highest BCUT2D eigenvalue weighted by atomic mass is 16.6. The van der Waals surface area contributed by atoms with Crippen molar-refractivity contribution in [1.29, 1.82) is 0 Å². The molecule has 0 saturated heterocycles. The van der Waals surface area contributed by atoms with E-state index in [1.165, 1.54) is 12.8 Å². The monoisotopic (exact) mass is 393 g/mol. The molecule has 5 nitrogen and oxygen atoms in total. The minimum atomic E-state index is 0.0232. The van der Waals surface area contributed by atoms with E-state index in [9.17, 15) is 4.79 Å². The van der Waals surface area contributed by atoms with E-state index < -0.39 is 0 Å². The molecule has 1 amide bonds. The molecule has 2 aliphatic rings. The molecule has 0 radical (unpaired) electrons. The fourth-order valence-corrected chi connectivity index (χ4v) is 3.61. The summed E-state index contributed by atoms with van der Waals surface area (Å²) in [7, 11) is 1.66. The molecule has 1 heterocycles. The first-order chi connectivity index (χ1) is 14.1. The number of amides is 1. The first kappa shape index (κ1) is 19.4. The molecule has 0 aromatic heterocycles. The molecule has 1 aliphatic heterocycles. The van der Waals surface area contributed by atoms with E-state index in [0.29, 0.717) is 25.7 Å². The number of nitrogens with zero attached hydrogens (tertiary/aromatic N) is 1.